The van der Waals surface area contributed by atoms with Crippen molar-refractivity contribution in [3.8, 4) is 0 Å². The summed E-state index contributed by atoms with van der Waals surface area (Å²) in [4.78, 5) is 2.71. The zero-order valence-electron chi connectivity index (χ0n) is 10.2. The van der Waals surface area contributed by atoms with Crippen molar-refractivity contribution in [1.82, 2.24) is 10.2 Å². The Morgan fingerprint density at radius 1 is 1.40 bits per heavy atom. The van der Waals surface area contributed by atoms with E-state index in [4.69, 9.17) is 4.74 Å². The highest BCUT2D eigenvalue weighted by Gasteiger charge is 2.38. The quantitative estimate of drug-likeness (QED) is 0.761. The van der Waals surface area contributed by atoms with Crippen molar-refractivity contribution in [2.75, 3.05) is 20.2 Å². The fraction of sp³-hybridized carbons (Fsp3) is 1.00. The summed E-state index contributed by atoms with van der Waals surface area (Å²) in [5.74, 6) is 0. The number of nitrogens with one attached hydrogen (secondary N) is 1. The van der Waals surface area contributed by atoms with E-state index in [9.17, 15) is 0 Å². The molecule has 15 heavy (non-hydrogen) atoms. The standard InChI is InChI=1S/C12H24N2O/c1-4-10-7-13-9(2)8-14(10)11-5-12(6-11)15-3/h9-13H,4-8H2,1-3H3. The van der Waals surface area contributed by atoms with E-state index in [1.54, 1.807) is 0 Å². The van der Waals surface area contributed by atoms with Crippen LogP contribution in [-0.4, -0.2) is 49.3 Å². The summed E-state index contributed by atoms with van der Waals surface area (Å²) in [6.45, 7) is 6.94. The Balaban J connectivity index is 1.88. The molecular formula is C12H24N2O. The van der Waals surface area contributed by atoms with Gasteiger partial charge in [-0.2, -0.15) is 0 Å². The molecule has 0 bridgehead atoms. The van der Waals surface area contributed by atoms with Gasteiger partial charge < -0.3 is 10.1 Å². The Morgan fingerprint density at radius 2 is 2.13 bits per heavy atom. The van der Waals surface area contributed by atoms with Crippen molar-refractivity contribution in [3.05, 3.63) is 0 Å². The summed E-state index contributed by atoms with van der Waals surface area (Å²) in [6, 6.07) is 2.17. The first-order valence-electron chi connectivity index (χ1n) is 6.26. The molecule has 1 heterocycles. The number of piperazine rings is 1. The van der Waals surface area contributed by atoms with Gasteiger partial charge in [0.25, 0.3) is 0 Å². The SMILES string of the molecule is CCC1CNC(C)CN1C1CC(OC)C1. The van der Waals surface area contributed by atoms with E-state index in [0.717, 1.165) is 18.6 Å². The van der Waals surface area contributed by atoms with Gasteiger partial charge in [-0.25, -0.2) is 0 Å². The topological polar surface area (TPSA) is 24.5 Å². The third-order valence-corrected chi connectivity index (χ3v) is 4.00. The van der Waals surface area contributed by atoms with E-state index in [1.807, 2.05) is 7.11 Å². The van der Waals surface area contributed by atoms with Crippen LogP contribution in [0.2, 0.25) is 0 Å². The molecule has 2 aliphatic rings. The van der Waals surface area contributed by atoms with E-state index < -0.39 is 0 Å². The van der Waals surface area contributed by atoms with Crippen molar-refractivity contribution >= 4 is 0 Å². The molecule has 0 spiro atoms. The minimum Gasteiger partial charge on any atom is -0.381 e. The molecule has 1 saturated carbocycles. The zero-order chi connectivity index (χ0) is 10.8. The lowest BCUT2D eigenvalue weighted by Gasteiger charge is -2.49. The Bertz CT molecular complexity index is 204. The number of nitrogens with zero attached hydrogens (tertiary/aromatic N) is 1. The van der Waals surface area contributed by atoms with Crippen LogP contribution in [0.4, 0.5) is 0 Å². The van der Waals surface area contributed by atoms with Crippen LogP contribution >= 0.6 is 0 Å². The van der Waals surface area contributed by atoms with Gasteiger partial charge in [-0.05, 0) is 26.2 Å². The van der Waals surface area contributed by atoms with Gasteiger partial charge >= 0.3 is 0 Å². The highest BCUT2D eigenvalue weighted by molar-refractivity contribution is 4.94. The molecule has 1 aliphatic heterocycles. The van der Waals surface area contributed by atoms with Gasteiger partial charge in [-0.3, -0.25) is 4.90 Å². The molecule has 0 amide bonds. The second kappa shape index (κ2) is 4.81. The third kappa shape index (κ3) is 2.35. The largest absolute Gasteiger partial charge is 0.381 e. The molecule has 88 valence electrons. The maximum Gasteiger partial charge on any atom is 0.0601 e. The van der Waals surface area contributed by atoms with Crippen LogP contribution in [0, 0.1) is 0 Å². The smallest absolute Gasteiger partial charge is 0.0601 e. The fourth-order valence-electron chi connectivity index (χ4n) is 2.81. The van der Waals surface area contributed by atoms with Gasteiger partial charge in [0, 0.05) is 38.3 Å². The predicted molar refractivity (Wildman–Crippen MR) is 62.1 cm³/mol. The molecule has 1 N–H and O–H groups in total. The Hall–Kier alpha value is -0.120. The van der Waals surface area contributed by atoms with Crippen molar-refractivity contribution in [1.29, 1.82) is 0 Å². The highest BCUT2D eigenvalue weighted by Crippen LogP contribution is 2.30. The maximum absolute atomic E-state index is 5.36. The Labute approximate surface area is 93.2 Å². The molecule has 2 rings (SSSR count). The highest BCUT2D eigenvalue weighted by atomic mass is 16.5. The molecule has 3 heteroatoms. The third-order valence-electron chi connectivity index (χ3n) is 4.00. The first-order chi connectivity index (χ1) is 7.24. The van der Waals surface area contributed by atoms with Gasteiger partial charge in [-0.15, -0.1) is 0 Å². The number of methoxy groups -OCH3 is 1. The first-order valence-corrected chi connectivity index (χ1v) is 6.26. The first kappa shape index (κ1) is 11.4. The van der Waals surface area contributed by atoms with Crippen molar-refractivity contribution < 1.29 is 4.74 Å². The summed E-state index contributed by atoms with van der Waals surface area (Å²) in [5, 5.41) is 3.57. The summed E-state index contributed by atoms with van der Waals surface area (Å²) in [5.41, 5.74) is 0. The Kier molecular flexibility index (Phi) is 3.65. The fourth-order valence-corrected chi connectivity index (χ4v) is 2.81. The van der Waals surface area contributed by atoms with Crippen LogP contribution < -0.4 is 5.32 Å². The van der Waals surface area contributed by atoms with Crippen molar-refractivity contribution in [2.45, 2.75) is 57.3 Å². The van der Waals surface area contributed by atoms with Gasteiger partial charge in [0.15, 0.2) is 0 Å². The minimum atomic E-state index is 0.526. The molecule has 0 aromatic rings. The molecule has 3 nitrogen and oxygen atoms in total. The molecule has 1 saturated heterocycles. The van der Waals surface area contributed by atoms with Crippen LogP contribution in [0.3, 0.4) is 0 Å². The van der Waals surface area contributed by atoms with Crippen molar-refractivity contribution in [3.63, 3.8) is 0 Å². The number of ether oxygens (including phenoxy) is 1. The molecule has 2 atom stereocenters. The van der Waals surface area contributed by atoms with Crippen LogP contribution in [0.15, 0.2) is 0 Å². The summed E-state index contributed by atoms with van der Waals surface area (Å²) in [7, 11) is 1.83. The van der Waals surface area contributed by atoms with Gasteiger partial charge in [0.2, 0.25) is 0 Å². The van der Waals surface area contributed by atoms with Gasteiger partial charge in [0.1, 0.15) is 0 Å². The normalized spacial score (nSPS) is 42.6. The molecule has 0 radical (unpaired) electrons. The van der Waals surface area contributed by atoms with E-state index >= 15 is 0 Å². The molecule has 1 aliphatic carbocycles. The molecule has 0 aromatic heterocycles. The van der Waals surface area contributed by atoms with Crippen molar-refractivity contribution in [2.24, 2.45) is 0 Å². The summed E-state index contributed by atoms with van der Waals surface area (Å²) >= 11 is 0. The van der Waals surface area contributed by atoms with E-state index in [2.05, 4.69) is 24.1 Å². The van der Waals surface area contributed by atoms with E-state index in [0.29, 0.717) is 12.1 Å². The van der Waals surface area contributed by atoms with E-state index in [1.165, 1.54) is 25.8 Å². The monoisotopic (exact) mass is 212 g/mol. The Morgan fingerprint density at radius 3 is 2.73 bits per heavy atom. The molecule has 0 aromatic carbocycles. The van der Waals surface area contributed by atoms with Gasteiger partial charge in [-0.1, -0.05) is 6.92 Å². The molecule has 2 fully saturated rings. The number of hydrogen-bond donors (Lipinski definition) is 1. The van der Waals surface area contributed by atoms with Crippen LogP contribution in [0.5, 0.6) is 0 Å². The second-order valence-corrected chi connectivity index (χ2v) is 5.05. The van der Waals surface area contributed by atoms with Gasteiger partial charge in [0.05, 0.1) is 6.10 Å². The number of hydrogen-bond acceptors (Lipinski definition) is 3. The average molecular weight is 212 g/mol. The lowest BCUT2D eigenvalue weighted by molar-refractivity contribution is -0.0515. The van der Waals surface area contributed by atoms with Crippen LogP contribution in [0.1, 0.15) is 33.1 Å². The second-order valence-electron chi connectivity index (χ2n) is 5.05. The van der Waals surface area contributed by atoms with Crippen LogP contribution in [0.25, 0.3) is 0 Å². The zero-order valence-corrected chi connectivity index (χ0v) is 10.2. The maximum atomic E-state index is 5.36. The summed E-state index contributed by atoms with van der Waals surface area (Å²) in [6.07, 6.45) is 4.26. The van der Waals surface area contributed by atoms with E-state index in [-0.39, 0.29) is 0 Å². The average Bonchev–Trinajstić information content (AvgIpc) is 2.16. The van der Waals surface area contributed by atoms with Crippen LogP contribution in [-0.2, 0) is 4.74 Å². The number of rotatable bonds is 3. The molecular weight excluding hydrogens is 188 g/mol. The molecule has 2 unspecified atom stereocenters. The lowest BCUT2D eigenvalue weighted by Crippen LogP contribution is -2.61. The summed E-state index contributed by atoms with van der Waals surface area (Å²) < 4.78 is 5.36. The lowest BCUT2D eigenvalue weighted by atomic mass is 9.85. The minimum absolute atomic E-state index is 0.526. The predicted octanol–water partition coefficient (Wildman–Crippen LogP) is 1.24.